The summed E-state index contributed by atoms with van der Waals surface area (Å²) in [6, 6.07) is 35.0. The maximum absolute atomic E-state index is 13.2. The van der Waals surface area contributed by atoms with Gasteiger partial charge in [0.15, 0.2) is 6.10 Å². The van der Waals surface area contributed by atoms with Crippen LogP contribution in [0.15, 0.2) is 120 Å². The second kappa shape index (κ2) is 16.4. The average molecular weight is 610 g/mol. The Morgan fingerprint density at radius 3 is 2.07 bits per heavy atom. The number of azide groups is 1. The van der Waals surface area contributed by atoms with Crippen LogP contribution in [0.1, 0.15) is 27.0 Å². The number of hydrogen-bond acceptors (Lipinski definition) is 8. The van der Waals surface area contributed by atoms with Gasteiger partial charge in [0.25, 0.3) is 0 Å². The second-order valence-corrected chi connectivity index (χ2v) is 10.5. The molecule has 1 fully saturated rings. The number of aliphatic hydroxyl groups is 1. The van der Waals surface area contributed by atoms with E-state index in [0.717, 1.165) is 16.7 Å². The summed E-state index contributed by atoms with van der Waals surface area (Å²) < 4.78 is 30.7. The lowest BCUT2D eigenvalue weighted by Crippen LogP contribution is -2.62. The Hall–Kier alpha value is -4.70. The van der Waals surface area contributed by atoms with Gasteiger partial charge in [0.05, 0.1) is 25.4 Å². The highest BCUT2D eigenvalue weighted by molar-refractivity contribution is 5.89. The molecule has 0 bridgehead atoms. The highest BCUT2D eigenvalue weighted by Gasteiger charge is 2.49. The number of hydrogen-bond donors (Lipinski definition) is 1. The third-order valence-corrected chi connectivity index (χ3v) is 7.29. The third-order valence-electron chi connectivity index (χ3n) is 7.29. The molecule has 1 N–H and O–H groups in total. The fourth-order valence-electron chi connectivity index (χ4n) is 4.94. The van der Waals surface area contributed by atoms with Crippen LogP contribution in [0.4, 0.5) is 0 Å². The molecule has 2 unspecified atom stereocenters. The largest absolute Gasteiger partial charge is 0.462 e. The molecule has 0 aromatic heterocycles. The zero-order chi connectivity index (χ0) is 31.3. The Kier molecular flexibility index (Phi) is 11.6. The molecule has 5 rings (SSSR count). The van der Waals surface area contributed by atoms with Gasteiger partial charge in [-0.15, -0.1) is 0 Å². The van der Waals surface area contributed by atoms with Crippen LogP contribution in [-0.2, 0) is 38.6 Å². The number of benzene rings is 4. The predicted molar refractivity (Wildman–Crippen MR) is 166 cm³/mol. The van der Waals surface area contributed by atoms with Crippen molar-refractivity contribution in [3.8, 4) is 5.75 Å². The van der Waals surface area contributed by atoms with E-state index in [0.29, 0.717) is 30.9 Å². The molecule has 1 saturated heterocycles. The number of nitrogens with zero attached hydrogens (tertiary/aromatic N) is 3. The molecule has 1 aliphatic rings. The fourth-order valence-corrected chi connectivity index (χ4v) is 4.94. The van der Waals surface area contributed by atoms with E-state index in [-0.39, 0.29) is 13.2 Å². The number of carbonyl (C=O) groups excluding carboxylic acids is 1. The molecule has 0 radical (unpaired) electrons. The summed E-state index contributed by atoms with van der Waals surface area (Å²) in [6.07, 6.45) is -4.79. The van der Waals surface area contributed by atoms with Crippen molar-refractivity contribution in [3.63, 3.8) is 0 Å². The van der Waals surface area contributed by atoms with Gasteiger partial charge in [-0.05, 0) is 52.9 Å². The molecule has 5 atom stereocenters. The lowest BCUT2D eigenvalue weighted by atomic mass is 9.98. The molecule has 0 amide bonds. The van der Waals surface area contributed by atoms with Crippen molar-refractivity contribution in [2.45, 2.75) is 50.3 Å². The van der Waals surface area contributed by atoms with Gasteiger partial charge in [-0.2, -0.15) is 0 Å². The summed E-state index contributed by atoms with van der Waals surface area (Å²) in [5, 5.41) is 15.3. The second-order valence-electron chi connectivity index (χ2n) is 10.5. The standard InChI is InChI=1S/C35H35N3O7/c36-38-37-21-20-25-16-18-29(19-17-25)43-35-33(42-23-27-12-6-2-7-13-27)31(39)32(45-34(40)28-14-8-3-9-15-28)30(44-35)24-41-22-26-10-4-1-5-11-26/h1-19,30-33,35,39H,20-24H2/t30?,31?,32-,33-,35+/m0/s1. The first-order valence-corrected chi connectivity index (χ1v) is 14.7. The Bertz CT molecular complexity index is 1520. The topological polar surface area (TPSA) is 132 Å². The molecule has 45 heavy (non-hydrogen) atoms. The molecular formula is C35H35N3O7. The van der Waals surface area contributed by atoms with Gasteiger partial charge in [0.2, 0.25) is 6.29 Å². The molecule has 10 heteroatoms. The first kappa shape index (κ1) is 31.7. The quantitative estimate of drug-likeness (QED) is 0.0799. The van der Waals surface area contributed by atoms with Gasteiger partial charge >= 0.3 is 5.97 Å². The third kappa shape index (κ3) is 9.15. The van der Waals surface area contributed by atoms with Crippen LogP contribution in [0.2, 0.25) is 0 Å². The lowest BCUT2D eigenvalue weighted by Gasteiger charge is -2.43. The van der Waals surface area contributed by atoms with Crippen molar-refractivity contribution in [1.29, 1.82) is 0 Å². The highest BCUT2D eigenvalue weighted by atomic mass is 16.7. The number of rotatable bonds is 14. The van der Waals surface area contributed by atoms with Crippen molar-refractivity contribution >= 4 is 5.97 Å². The zero-order valence-corrected chi connectivity index (χ0v) is 24.6. The van der Waals surface area contributed by atoms with E-state index in [1.807, 2.05) is 72.8 Å². The minimum Gasteiger partial charge on any atom is -0.462 e. The van der Waals surface area contributed by atoms with Crippen molar-refractivity contribution < 1.29 is 33.6 Å². The molecule has 0 aliphatic carbocycles. The molecule has 10 nitrogen and oxygen atoms in total. The first-order chi connectivity index (χ1) is 22.1. The van der Waals surface area contributed by atoms with E-state index >= 15 is 0 Å². The lowest BCUT2D eigenvalue weighted by molar-refractivity contribution is -0.291. The normalized spacial score (nSPS) is 21.0. The maximum Gasteiger partial charge on any atom is 0.338 e. The summed E-state index contributed by atoms with van der Waals surface area (Å²) in [4.78, 5) is 15.9. The molecular weight excluding hydrogens is 574 g/mol. The Balaban J connectivity index is 1.37. The number of carbonyl (C=O) groups is 1. The zero-order valence-electron chi connectivity index (χ0n) is 24.6. The molecule has 1 aliphatic heterocycles. The van der Waals surface area contributed by atoms with Gasteiger partial charge in [0.1, 0.15) is 24.1 Å². The fraction of sp³-hybridized carbons (Fsp3) is 0.286. The van der Waals surface area contributed by atoms with E-state index in [1.165, 1.54) is 0 Å². The van der Waals surface area contributed by atoms with Crippen LogP contribution in [0, 0.1) is 0 Å². The monoisotopic (exact) mass is 609 g/mol. The van der Waals surface area contributed by atoms with Crippen LogP contribution < -0.4 is 4.74 Å². The van der Waals surface area contributed by atoms with Crippen molar-refractivity contribution in [2.75, 3.05) is 13.2 Å². The van der Waals surface area contributed by atoms with Crippen molar-refractivity contribution in [1.82, 2.24) is 0 Å². The predicted octanol–water partition coefficient (Wildman–Crippen LogP) is 6.03. The molecule has 4 aromatic carbocycles. The van der Waals surface area contributed by atoms with Crippen LogP contribution in [-0.4, -0.2) is 54.9 Å². The molecule has 232 valence electrons. The number of aliphatic hydroxyl groups excluding tert-OH is 1. The van der Waals surface area contributed by atoms with Gasteiger partial charge in [-0.1, -0.05) is 96.1 Å². The van der Waals surface area contributed by atoms with E-state index in [1.54, 1.807) is 42.5 Å². The maximum atomic E-state index is 13.2. The number of ether oxygens (including phenoxy) is 5. The average Bonchev–Trinajstić information content (AvgIpc) is 3.08. The van der Waals surface area contributed by atoms with E-state index in [4.69, 9.17) is 29.2 Å². The molecule has 0 saturated carbocycles. The van der Waals surface area contributed by atoms with Gasteiger partial charge in [-0.3, -0.25) is 0 Å². The van der Waals surface area contributed by atoms with Gasteiger partial charge in [-0.25, -0.2) is 4.79 Å². The summed E-state index contributed by atoms with van der Waals surface area (Å²) >= 11 is 0. The minimum atomic E-state index is -1.31. The Labute approximate surface area is 261 Å². The Morgan fingerprint density at radius 1 is 0.800 bits per heavy atom. The van der Waals surface area contributed by atoms with Crippen LogP contribution >= 0.6 is 0 Å². The van der Waals surface area contributed by atoms with E-state index in [2.05, 4.69) is 10.0 Å². The summed E-state index contributed by atoms with van der Waals surface area (Å²) in [5.41, 5.74) is 11.7. The molecule has 0 spiro atoms. The molecule has 1 heterocycles. The summed E-state index contributed by atoms with van der Waals surface area (Å²) in [7, 11) is 0. The van der Waals surface area contributed by atoms with Crippen molar-refractivity contribution in [3.05, 3.63) is 148 Å². The number of esters is 1. The van der Waals surface area contributed by atoms with Crippen LogP contribution in [0.5, 0.6) is 5.75 Å². The first-order valence-electron chi connectivity index (χ1n) is 14.7. The van der Waals surface area contributed by atoms with Crippen LogP contribution in [0.3, 0.4) is 0 Å². The van der Waals surface area contributed by atoms with Gasteiger partial charge < -0.3 is 28.8 Å². The highest BCUT2D eigenvalue weighted by Crippen LogP contribution is 2.30. The van der Waals surface area contributed by atoms with Crippen LogP contribution in [0.25, 0.3) is 10.4 Å². The Morgan fingerprint density at radius 2 is 1.42 bits per heavy atom. The summed E-state index contributed by atoms with van der Waals surface area (Å²) in [5.74, 6) is -0.120. The van der Waals surface area contributed by atoms with Crippen molar-refractivity contribution in [2.24, 2.45) is 5.11 Å². The molecule has 4 aromatic rings. The minimum absolute atomic E-state index is 0.0162. The SMILES string of the molecule is [N-]=[N+]=NCCc1ccc(O[C@@H]2OC(COCc3ccccc3)[C@H](OC(=O)c3ccccc3)C(O)[C@@H]2OCc2ccccc2)cc1. The van der Waals surface area contributed by atoms with E-state index < -0.39 is 36.7 Å². The smallest absolute Gasteiger partial charge is 0.338 e. The summed E-state index contributed by atoms with van der Waals surface area (Å²) in [6.45, 7) is 0.825. The van der Waals surface area contributed by atoms with E-state index in [9.17, 15) is 9.90 Å². The van der Waals surface area contributed by atoms with Gasteiger partial charge in [0, 0.05) is 11.5 Å².